The summed E-state index contributed by atoms with van der Waals surface area (Å²) in [5, 5.41) is 4.33. The molecular weight excluding hydrogens is 289 g/mol. The van der Waals surface area contributed by atoms with Gasteiger partial charge in [-0.25, -0.2) is 4.39 Å². The number of anilines is 1. The van der Waals surface area contributed by atoms with E-state index in [1.54, 1.807) is 30.6 Å². The van der Waals surface area contributed by atoms with E-state index >= 15 is 0 Å². The highest BCUT2D eigenvalue weighted by Gasteiger charge is 2.14. The molecule has 1 N–H and O–H groups in total. The number of thiazole rings is 1. The Kier molecular flexibility index (Phi) is 5.14. The molecule has 0 amide bonds. The van der Waals surface area contributed by atoms with Crippen LogP contribution in [0.3, 0.4) is 0 Å². The maximum atomic E-state index is 12.9. The molecule has 1 atom stereocenters. The van der Waals surface area contributed by atoms with Crippen LogP contribution in [-0.2, 0) is 6.54 Å². The summed E-state index contributed by atoms with van der Waals surface area (Å²) in [5.74, 6) is 0.438. The monoisotopic (exact) mass is 309 g/mol. The molecule has 1 aromatic carbocycles. The summed E-state index contributed by atoms with van der Waals surface area (Å²) < 4.78 is 18.2. The van der Waals surface area contributed by atoms with Crippen molar-refractivity contribution in [1.29, 1.82) is 0 Å². The van der Waals surface area contributed by atoms with Crippen LogP contribution in [0.15, 0.2) is 24.3 Å². The molecule has 0 saturated carbocycles. The number of halogens is 1. The van der Waals surface area contributed by atoms with Crippen LogP contribution in [0.1, 0.15) is 23.4 Å². The lowest BCUT2D eigenvalue weighted by Gasteiger charge is -2.13. The average Bonchev–Trinajstić information content (AvgIpc) is 2.89. The Labute approximate surface area is 128 Å². The largest absolute Gasteiger partial charge is 0.480 e. The molecule has 0 aliphatic carbocycles. The SMILES string of the molecule is COc1nc(N(C)C)sc1CNC(C)c1ccc(F)cc1. The van der Waals surface area contributed by atoms with E-state index in [1.165, 1.54) is 12.1 Å². The smallest absolute Gasteiger partial charge is 0.230 e. The van der Waals surface area contributed by atoms with Crippen molar-refractivity contribution in [3.8, 4) is 5.88 Å². The molecule has 2 aromatic rings. The van der Waals surface area contributed by atoms with E-state index in [1.807, 2.05) is 25.9 Å². The van der Waals surface area contributed by atoms with Crippen molar-refractivity contribution in [3.05, 3.63) is 40.5 Å². The molecule has 1 heterocycles. The van der Waals surface area contributed by atoms with Gasteiger partial charge in [-0.1, -0.05) is 23.5 Å². The van der Waals surface area contributed by atoms with Gasteiger partial charge < -0.3 is 15.0 Å². The molecule has 0 radical (unpaired) electrons. The van der Waals surface area contributed by atoms with Gasteiger partial charge in [-0.05, 0) is 24.6 Å². The fourth-order valence-electron chi connectivity index (χ4n) is 1.90. The summed E-state index contributed by atoms with van der Waals surface area (Å²) in [6, 6.07) is 6.67. The topological polar surface area (TPSA) is 37.4 Å². The summed E-state index contributed by atoms with van der Waals surface area (Å²) >= 11 is 1.60. The van der Waals surface area contributed by atoms with E-state index in [0.717, 1.165) is 15.6 Å². The number of nitrogens with one attached hydrogen (secondary N) is 1. The van der Waals surface area contributed by atoms with Crippen molar-refractivity contribution in [2.24, 2.45) is 0 Å². The van der Waals surface area contributed by atoms with E-state index in [4.69, 9.17) is 4.74 Å². The molecule has 0 aliphatic heterocycles. The van der Waals surface area contributed by atoms with Crippen LogP contribution in [0.25, 0.3) is 0 Å². The maximum Gasteiger partial charge on any atom is 0.230 e. The Morgan fingerprint density at radius 1 is 1.33 bits per heavy atom. The van der Waals surface area contributed by atoms with Crippen molar-refractivity contribution >= 4 is 16.5 Å². The quantitative estimate of drug-likeness (QED) is 0.889. The van der Waals surface area contributed by atoms with Crippen molar-refractivity contribution < 1.29 is 9.13 Å². The second kappa shape index (κ2) is 6.87. The number of nitrogens with zero attached hydrogens (tertiary/aromatic N) is 2. The molecule has 2 rings (SSSR count). The van der Waals surface area contributed by atoms with Crippen LogP contribution >= 0.6 is 11.3 Å². The highest BCUT2D eigenvalue weighted by Crippen LogP contribution is 2.30. The summed E-state index contributed by atoms with van der Waals surface area (Å²) in [6.07, 6.45) is 0. The highest BCUT2D eigenvalue weighted by molar-refractivity contribution is 7.15. The van der Waals surface area contributed by atoms with Crippen LogP contribution in [-0.4, -0.2) is 26.2 Å². The minimum absolute atomic E-state index is 0.125. The van der Waals surface area contributed by atoms with Gasteiger partial charge in [-0.15, -0.1) is 0 Å². The number of ether oxygens (including phenoxy) is 1. The van der Waals surface area contributed by atoms with E-state index in [-0.39, 0.29) is 11.9 Å². The Balaban J connectivity index is 2.03. The summed E-state index contributed by atoms with van der Waals surface area (Å²) in [4.78, 5) is 7.43. The van der Waals surface area contributed by atoms with Gasteiger partial charge in [0.05, 0.1) is 12.0 Å². The van der Waals surface area contributed by atoms with E-state index in [2.05, 4.69) is 10.3 Å². The van der Waals surface area contributed by atoms with Crippen molar-refractivity contribution in [2.45, 2.75) is 19.5 Å². The molecule has 1 aromatic heterocycles. The zero-order valence-corrected chi connectivity index (χ0v) is 13.5. The number of rotatable bonds is 6. The molecule has 114 valence electrons. The second-order valence-corrected chi connectivity index (χ2v) is 6.04. The van der Waals surface area contributed by atoms with Gasteiger partial charge in [-0.2, -0.15) is 4.98 Å². The molecule has 0 bridgehead atoms. The minimum Gasteiger partial charge on any atom is -0.480 e. The lowest BCUT2D eigenvalue weighted by Crippen LogP contribution is -2.17. The highest BCUT2D eigenvalue weighted by atomic mass is 32.1. The van der Waals surface area contributed by atoms with E-state index in [0.29, 0.717) is 12.4 Å². The summed E-state index contributed by atoms with van der Waals surface area (Å²) in [6.45, 7) is 2.71. The number of hydrogen-bond donors (Lipinski definition) is 1. The third kappa shape index (κ3) is 3.92. The normalized spacial score (nSPS) is 12.2. The first-order valence-corrected chi connectivity index (χ1v) is 7.52. The van der Waals surface area contributed by atoms with E-state index < -0.39 is 0 Å². The molecule has 0 fully saturated rings. The number of benzene rings is 1. The van der Waals surface area contributed by atoms with Gasteiger partial charge >= 0.3 is 0 Å². The van der Waals surface area contributed by atoms with Gasteiger partial charge in [0.25, 0.3) is 0 Å². The van der Waals surface area contributed by atoms with Gasteiger partial charge in [0, 0.05) is 26.7 Å². The number of methoxy groups -OCH3 is 1. The van der Waals surface area contributed by atoms with Crippen molar-refractivity contribution in [2.75, 3.05) is 26.1 Å². The van der Waals surface area contributed by atoms with Gasteiger partial charge in [0.2, 0.25) is 5.88 Å². The van der Waals surface area contributed by atoms with Crippen LogP contribution in [0.2, 0.25) is 0 Å². The minimum atomic E-state index is -0.217. The van der Waals surface area contributed by atoms with Gasteiger partial charge in [0.1, 0.15) is 5.82 Å². The Bertz CT molecular complexity index is 583. The third-order valence-corrected chi connectivity index (χ3v) is 4.37. The predicted octanol–water partition coefficient (Wildman–Crippen LogP) is 3.21. The molecule has 0 saturated heterocycles. The fraction of sp³-hybridized carbons (Fsp3) is 0.400. The molecule has 6 heteroatoms. The first-order chi connectivity index (χ1) is 10.0. The zero-order chi connectivity index (χ0) is 15.4. The Morgan fingerprint density at radius 3 is 2.57 bits per heavy atom. The predicted molar refractivity (Wildman–Crippen MR) is 84.6 cm³/mol. The standard InChI is InChI=1S/C15H20FN3OS/c1-10(11-5-7-12(16)8-6-11)17-9-13-14(20-4)18-15(21-13)19(2)3/h5-8,10,17H,9H2,1-4H3. The first kappa shape index (κ1) is 15.7. The fourth-order valence-corrected chi connectivity index (χ4v) is 2.81. The summed E-state index contributed by atoms with van der Waals surface area (Å²) in [7, 11) is 5.54. The lowest BCUT2D eigenvalue weighted by molar-refractivity contribution is 0.393. The number of hydrogen-bond acceptors (Lipinski definition) is 5. The first-order valence-electron chi connectivity index (χ1n) is 6.71. The lowest BCUT2D eigenvalue weighted by atomic mass is 10.1. The van der Waals surface area contributed by atoms with Gasteiger partial charge in [0.15, 0.2) is 5.13 Å². The summed E-state index contributed by atoms with van der Waals surface area (Å²) in [5.41, 5.74) is 1.05. The van der Waals surface area contributed by atoms with Crippen LogP contribution in [0.4, 0.5) is 9.52 Å². The van der Waals surface area contributed by atoms with Crippen LogP contribution in [0, 0.1) is 5.82 Å². The van der Waals surface area contributed by atoms with Crippen molar-refractivity contribution in [1.82, 2.24) is 10.3 Å². The molecule has 4 nitrogen and oxygen atoms in total. The third-order valence-electron chi connectivity index (χ3n) is 3.16. The zero-order valence-electron chi connectivity index (χ0n) is 12.7. The molecule has 1 unspecified atom stereocenters. The van der Waals surface area contributed by atoms with Crippen LogP contribution in [0.5, 0.6) is 5.88 Å². The average molecular weight is 309 g/mol. The van der Waals surface area contributed by atoms with Crippen LogP contribution < -0.4 is 15.0 Å². The number of aromatic nitrogens is 1. The Morgan fingerprint density at radius 2 is 2.00 bits per heavy atom. The van der Waals surface area contributed by atoms with Crippen molar-refractivity contribution in [3.63, 3.8) is 0 Å². The second-order valence-electron chi connectivity index (χ2n) is 4.98. The molecular formula is C15H20FN3OS. The van der Waals surface area contributed by atoms with Gasteiger partial charge in [-0.3, -0.25) is 0 Å². The molecule has 0 aliphatic rings. The molecule has 21 heavy (non-hydrogen) atoms. The maximum absolute atomic E-state index is 12.9. The van der Waals surface area contributed by atoms with E-state index in [9.17, 15) is 4.39 Å². The Hall–Kier alpha value is -1.66. The molecule has 0 spiro atoms.